The highest BCUT2D eigenvalue weighted by molar-refractivity contribution is 7.90. The Kier molecular flexibility index (Phi) is 5.02. The van der Waals surface area contributed by atoms with Crippen LogP contribution in [0.4, 0.5) is 0 Å². The Morgan fingerprint density at radius 1 is 1.22 bits per heavy atom. The second kappa shape index (κ2) is 7.01. The molecule has 1 amide bonds. The average Bonchev–Trinajstić information content (AvgIpc) is 2.99. The van der Waals surface area contributed by atoms with Crippen LogP contribution in [0.25, 0.3) is 0 Å². The summed E-state index contributed by atoms with van der Waals surface area (Å²) in [6, 6.07) is 7.85. The van der Waals surface area contributed by atoms with Gasteiger partial charge in [-0.3, -0.25) is 9.52 Å². The molecule has 3 rings (SSSR count). The fraction of sp³-hybridized carbons (Fsp3) is 0.588. The van der Waals surface area contributed by atoms with Gasteiger partial charge in [-0.1, -0.05) is 37.1 Å². The van der Waals surface area contributed by atoms with Crippen molar-refractivity contribution in [2.75, 3.05) is 12.4 Å². The molecule has 1 atom stereocenters. The second-order valence-electron chi connectivity index (χ2n) is 6.47. The van der Waals surface area contributed by atoms with E-state index in [9.17, 15) is 13.2 Å². The predicted octanol–water partition coefficient (Wildman–Crippen LogP) is 2.33. The molecule has 1 aliphatic heterocycles. The summed E-state index contributed by atoms with van der Waals surface area (Å²) in [6.07, 6.45) is 4.56. The summed E-state index contributed by atoms with van der Waals surface area (Å²) in [5.74, 6) is -0.238. The van der Waals surface area contributed by atoms with Crippen LogP contribution in [0.2, 0.25) is 0 Å². The van der Waals surface area contributed by atoms with Gasteiger partial charge in [-0.15, -0.1) is 0 Å². The van der Waals surface area contributed by atoms with Gasteiger partial charge < -0.3 is 4.74 Å². The molecule has 1 saturated carbocycles. The molecule has 5 nitrogen and oxygen atoms in total. The Labute approximate surface area is 137 Å². The van der Waals surface area contributed by atoms with Crippen LogP contribution in [0.3, 0.4) is 0 Å². The molecule has 1 aliphatic carbocycles. The largest absolute Gasteiger partial charge is 0.373 e. The first-order valence-electron chi connectivity index (χ1n) is 8.26. The monoisotopic (exact) mass is 337 g/mol. The van der Waals surface area contributed by atoms with E-state index in [1.54, 1.807) is 0 Å². The van der Waals surface area contributed by atoms with Gasteiger partial charge in [0.25, 0.3) is 0 Å². The van der Waals surface area contributed by atoms with Crippen LogP contribution in [0.15, 0.2) is 24.3 Å². The standard InChI is InChI=1S/C17H23NO4S/c19-17(18-23(20,21)12-13-5-1-2-6-13)11-16-15-8-4-3-7-14(15)9-10-22-16/h3-4,7-8,13,16H,1-2,5-6,9-12H2,(H,18,19). The van der Waals surface area contributed by atoms with Crippen molar-refractivity contribution in [2.45, 2.75) is 44.6 Å². The quantitative estimate of drug-likeness (QED) is 0.895. The van der Waals surface area contributed by atoms with Crippen LogP contribution in [-0.2, 0) is 26.0 Å². The molecule has 0 bridgehead atoms. The number of rotatable bonds is 5. The molecular weight excluding hydrogens is 314 g/mol. The van der Waals surface area contributed by atoms with E-state index in [0.717, 1.165) is 37.7 Å². The zero-order valence-electron chi connectivity index (χ0n) is 13.2. The minimum atomic E-state index is -3.55. The first-order chi connectivity index (χ1) is 11.0. The number of sulfonamides is 1. The highest BCUT2D eigenvalue weighted by Gasteiger charge is 2.27. The summed E-state index contributed by atoms with van der Waals surface area (Å²) in [7, 11) is -3.55. The fourth-order valence-corrected chi connectivity index (χ4v) is 5.03. The Hall–Kier alpha value is -1.40. The Bertz CT molecular complexity index is 665. The number of fused-ring (bicyclic) bond motifs is 1. The van der Waals surface area contributed by atoms with Gasteiger partial charge in [0, 0.05) is 0 Å². The van der Waals surface area contributed by atoms with Gasteiger partial charge in [-0.2, -0.15) is 0 Å². The van der Waals surface area contributed by atoms with Crippen molar-refractivity contribution < 1.29 is 17.9 Å². The summed E-state index contributed by atoms with van der Waals surface area (Å²) in [6.45, 7) is 0.559. The Morgan fingerprint density at radius 3 is 2.74 bits per heavy atom. The van der Waals surface area contributed by atoms with Gasteiger partial charge in [-0.05, 0) is 36.3 Å². The maximum absolute atomic E-state index is 12.1. The lowest BCUT2D eigenvalue weighted by atomic mass is 9.96. The predicted molar refractivity (Wildman–Crippen MR) is 87.3 cm³/mol. The van der Waals surface area contributed by atoms with Crippen LogP contribution in [0.1, 0.15) is 49.3 Å². The molecule has 6 heteroatoms. The van der Waals surface area contributed by atoms with Crippen molar-refractivity contribution in [3.8, 4) is 0 Å². The highest BCUT2D eigenvalue weighted by Crippen LogP contribution is 2.29. The third-order valence-corrected chi connectivity index (χ3v) is 6.11. The molecular formula is C17H23NO4S. The number of nitrogens with one attached hydrogen (secondary N) is 1. The van der Waals surface area contributed by atoms with Gasteiger partial charge >= 0.3 is 0 Å². The number of hydrogen-bond acceptors (Lipinski definition) is 4. The number of benzene rings is 1. The van der Waals surface area contributed by atoms with Gasteiger partial charge in [0.15, 0.2) is 0 Å². The smallest absolute Gasteiger partial charge is 0.236 e. The van der Waals surface area contributed by atoms with Gasteiger partial charge in [0.2, 0.25) is 15.9 Å². The van der Waals surface area contributed by atoms with Crippen molar-refractivity contribution in [3.05, 3.63) is 35.4 Å². The van der Waals surface area contributed by atoms with E-state index >= 15 is 0 Å². The Balaban J connectivity index is 1.59. The molecule has 0 saturated heterocycles. The van der Waals surface area contributed by atoms with Gasteiger partial charge in [-0.25, -0.2) is 8.42 Å². The van der Waals surface area contributed by atoms with E-state index in [-0.39, 0.29) is 24.2 Å². The number of ether oxygens (including phenoxy) is 1. The summed E-state index contributed by atoms with van der Waals surface area (Å²) in [4.78, 5) is 12.1. The van der Waals surface area contributed by atoms with E-state index in [2.05, 4.69) is 4.72 Å². The normalized spacial score (nSPS) is 21.8. The number of hydrogen-bond donors (Lipinski definition) is 1. The van der Waals surface area contributed by atoms with E-state index in [0.29, 0.717) is 6.61 Å². The van der Waals surface area contributed by atoms with E-state index < -0.39 is 15.9 Å². The molecule has 1 aromatic carbocycles. The molecule has 126 valence electrons. The maximum atomic E-state index is 12.1. The first-order valence-corrected chi connectivity index (χ1v) is 9.91. The van der Waals surface area contributed by atoms with Crippen LogP contribution >= 0.6 is 0 Å². The van der Waals surface area contributed by atoms with E-state index in [1.165, 1.54) is 5.56 Å². The molecule has 1 fully saturated rings. The summed E-state index contributed by atoms with van der Waals surface area (Å²) in [5.41, 5.74) is 2.16. The molecule has 0 radical (unpaired) electrons. The third kappa shape index (κ3) is 4.32. The summed E-state index contributed by atoms with van der Waals surface area (Å²) < 4.78 is 32.1. The molecule has 23 heavy (non-hydrogen) atoms. The Morgan fingerprint density at radius 2 is 1.96 bits per heavy atom. The third-order valence-electron chi connectivity index (χ3n) is 4.66. The van der Waals surface area contributed by atoms with Crippen molar-refractivity contribution in [1.29, 1.82) is 0 Å². The number of amides is 1. The van der Waals surface area contributed by atoms with Crippen molar-refractivity contribution in [1.82, 2.24) is 4.72 Å². The molecule has 0 spiro atoms. The summed E-state index contributed by atoms with van der Waals surface area (Å²) in [5, 5.41) is 0. The zero-order valence-corrected chi connectivity index (χ0v) is 14.0. The lowest BCUT2D eigenvalue weighted by Crippen LogP contribution is -2.35. The number of carbonyl (C=O) groups excluding carboxylic acids is 1. The molecule has 1 aromatic rings. The number of carbonyl (C=O) groups is 1. The zero-order chi connectivity index (χ0) is 16.3. The van der Waals surface area contributed by atoms with E-state index in [1.807, 2.05) is 24.3 Å². The van der Waals surface area contributed by atoms with Crippen LogP contribution in [0, 0.1) is 5.92 Å². The van der Waals surface area contributed by atoms with E-state index in [4.69, 9.17) is 4.74 Å². The molecule has 2 aliphatic rings. The topological polar surface area (TPSA) is 72.5 Å². The van der Waals surface area contributed by atoms with Crippen LogP contribution < -0.4 is 4.72 Å². The maximum Gasteiger partial charge on any atom is 0.236 e. The van der Waals surface area contributed by atoms with Crippen molar-refractivity contribution >= 4 is 15.9 Å². The molecule has 1 heterocycles. The first kappa shape index (κ1) is 16.5. The average molecular weight is 337 g/mol. The lowest BCUT2D eigenvalue weighted by Gasteiger charge is -2.25. The highest BCUT2D eigenvalue weighted by atomic mass is 32.2. The van der Waals surface area contributed by atoms with Crippen LogP contribution in [0.5, 0.6) is 0 Å². The lowest BCUT2D eigenvalue weighted by molar-refractivity contribution is -0.122. The van der Waals surface area contributed by atoms with Crippen LogP contribution in [-0.4, -0.2) is 26.7 Å². The molecule has 1 unspecified atom stereocenters. The minimum Gasteiger partial charge on any atom is -0.373 e. The van der Waals surface area contributed by atoms with Crippen molar-refractivity contribution in [3.63, 3.8) is 0 Å². The van der Waals surface area contributed by atoms with Gasteiger partial charge in [0.1, 0.15) is 0 Å². The van der Waals surface area contributed by atoms with Gasteiger partial charge in [0.05, 0.1) is 24.9 Å². The summed E-state index contributed by atoms with van der Waals surface area (Å²) >= 11 is 0. The fourth-order valence-electron chi connectivity index (χ4n) is 3.56. The second-order valence-corrected chi connectivity index (χ2v) is 8.24. The van der Waals surface area contributed by atoms with Crippen molar-refractivity contribution in [2.24, 2.45) is 5.92 Å². The minimum absolute atomic E-state index is 0.0426. The SMILES string of the molecule is O=C(CC1OCCc2ccccc21)NS(=O)(=O)CC1CCCC1. The molecule has 1 N–H and O–H groups in total. The molecule has 0 aromatic heterocycles.